The molecule has 1 aromatic heterocycles. The van der Waals surface area contributed by atoms with Crippen LogP contribution in [0.1, 0.15) is 44.1 Å². The largest absolute Gasteiger partial charge is 0.314 e. The Kier molecular flexibility index (Phi) is 2.28. The molecule has 2 bridgehead atoms. The van der Waals surface area contributed by atoms with Crippen LogP contribution in [0.15, 0.2) is 24.5 Å². The first-order valence-electron chi connectivity index (χ1n) is 6.38. The number of nitrogens with one attached hydrogen (secondary N) is 1. The number of aromatic nitrogens is 1. The van der Waals surface area contributed by atoms with Crippen molar-refractivity contribution in [3.63, 3.8) is 0 Å². The van der Waals surface area contributed by atoms with Crippen molar-refractivity contribution in [3.05, 3.63) is 30.1 Å². The molecule has 16 heavy (non-hydrogen) atoms. The molecule has 0 atom stereocenters. The second-order valence-corrected chi connectivity index (χ2v) is 5.55. The fourth-order valence-corrected chi connectivity index (χ4v) is 3.70. The standard InChI is InChI=1S/C14H20N2/c1-15-14-7-4-13(5-8-14,6-9-14)12-2-10-16-11-3-12/h2-3,10-11,15H,4-9H2,1H3. The first kappa shape index (κ1) is 10.3. The SMILES string of the molecule is CNC12CCC(c3ccncc3)(CC1)CC2. The van der Waals surface area contributed by atoms with Crippen molar-refractivity contribution >= 4 is 0 Å². The molecule has 0 unspecified atom stereocenters. The van der Waals surface area contributed by atoms with Gasteiger partial charge < -0.3 is 5.32 Å². The van der Waals surface area contributed by atoms with Crippen molar-refractivity contribution in [1.29, 1.82) is 0 Å². The predicted molar refractivity (Wildman–Crippen MR) is 65.4 cm³/mol. The molecule has 4 rings (SSSR count). The Labute approximate surface area is 97.5 Å². The lowest BCUT2D eigenvalue weighted by Gasteiger charge is -2.53. The van der Waals surface area contributed by atoms with Crippen LogP contribution in [0.2, 0.25) is 0 Å². The summed E-state index contributed by atoms with van der Waals surface area (Å²) >= 11 is 0. The first-order valence-corrected chi connectivity index (χ1v) is 6.38. The molecule has 1 aromatic rings. The van der Waals surface area contributed by atoms with Gasteiger partial charge in [-0.05, 0) is 68.7 Å². The summed E-state index contributed by atoms with van der Waals surface area (Å²) in [5.74, 6) is 0. The summed E-state index contributed by atoms with van der Waals surface area (Å²) in [5, 5.41) is 3.56. The van der Waals surface area contributed by atoms with E-state index in [9.17, 15) is 0 Å². The van der Waals surface area contributed by atoms with E-state index in [1.807, 2.05) is 12.4 Å². The van der Waals surface area contributed by atoms with Gasteiger partial charge in [0.25, 0.3) is 0 Å². The lowest BCUT2D eigenvalue weighted by atomic mass is 9.55. The van der Waals surface area contributed by atoms with E-state index in [0.717, 1.165) is 0 Å². The van der Waals surface area contributed by atoms with Crippen molar-refractivity contribution in [2.24, 2.45) is 0 Å². The van der Waals surface area contributed by atoms with Crippen LogP contribution >= 0.6 is 0 Å². The molecule has 0 amide bonds. The molecule has 2 nitrogen and oxygen atoms in total. The molecular formula is C14H20N2. The van der Waals surface area contributed by atoms with E-state index in [4.69, 9.17) is 0 Å². The highest BCUT2D eigenvalue weighted by Crippen LogP contribution is 2.53. The van der Waals surface area contributed by atoms with E-state index in [-0.39, 0.29) is 0 Å². The van der Waals surface area contributed by atoms with Crippen LogP contribution in [0.25, 0.3) is 0 Å². The van der Waals surface area contributed by atoms with Crippen LogP contribution < -0.4 is 5.32 Å². The summed E-state index contributed by atoms with van der Waals surface area (Å²) in [6.45, 7) is 0. The van der Waals surface area contributed by atoms with Gasteiger partial charge in [-0.3, -0.25) is 4.98 Å². The molecule has 3 fully saturated rings. The van der Waals surface area contributed by atoms with Crippen molar-refractivity contribution < 1.29 is 0 Å². The zero-order valence-electron chi connectivity index (χ0n) is 10.00. The molecule has 2 heteroatoms. The van der Waals surface area contributed by atoms with Gasteiger partial charge >= 0.3 is 0 Å². The molecule has 3 saturated carbocycles. The third-order valence-electron chi connectivity index (χ3n) is 5.07. The van der Waals surface area contributed by atoms with Crippen LogP contribution in [0.5, 0.6) is 0 Å². The Bertz CT molecular complexity index is 347. The Morgan fingerprint density at radius 2 is 1.56 bits per heavy atom. The Balaban J connectivity index is 1.89. The van der Waals surface area contributed by atoms with E-state index >= 15 is 0 Å². The van der Waals surface area contributed by atoms with Crippen LogP contribution in [-0.2, 0) is 5.41 Å². The van der Waals surface area contributed by atoms with Gasteiger partial charge in [-0.1, -0.05) is 0 Å². The van der Waals surface area contributed by atoms with Gasteiger partial charge in [0.2, 0.25) is 0 Å². The van der Waals surface area contributed by atoms with Crippen LogP contribution in [0.3, 0.4) is 0 Å². The molecule has 1 heterocycles. The number of rotatable bonds is 2. The first-order chi connectivity index (χ1) is 7.79. The second-order valence-electron chi connectivity index (χ2n) is 5.55. The average molecular weight is 216 g/mol. The van der Waals surface area contributed by atoms with E-state index in [1.165, 1.54) is 44.1 Å². The Hall–Kier alpha value is -0.890. The van der Waals surface area contributed by atoms with Crippen LogP contribution in [0.4, 0.5) is 0 Å². The summed E-state index contributed by atoms with van der Waals surface area (Å²) in [7, 11) is 2.13. The van der Waals surface area contributed by atoms with Gasteiger partial charge in [-0.2, -0.15) is 0 Å². The van der Waals surface area contributed by atoms with Crippen LogP contribution in [0, 0.1) is 0 Å². The fraction of sp³-hybridized carbons (Fsp3) is 0.643. The molecule has 0 spiro atoms. The minimum Gasteiger partial charge on any atom is -0.314 e. The zero-order chi connectivity index (χ0) is 11.1. The number of nitrogens with zero attached hydrogens (tertiary/aromatic N) is 1. The van der Waals surface area contributed by atoms with Crippen LogP contribution in [-0.4, -0.2) is 17.6 Å². The maximum Gasteiger partial charge on any atom is 0.0270 e. The molecular weight excluding hydrogens is 196 g/mol. The van der Waals surface area contributed by atoms with Gasteiger partial charge in [-0.15, -0.1) is 0 Å². The topological polar surface area (TPSA) is 24.9 Å². The smallest absolute Gasteiger partial charge is 0.0270 e. The minimum absolute atomic E-state index is 0.467. The second kappa shape index (κ2) is 3.56. The molecule has 86 valence electrons. The highest BCUT2D eigenvalue weighted by molar-refractivity contribution is 5.27. The van der Waals surface area contributed by atoms with E-state index in [1.54, 1.807) is 0 Å². The quantitative estimate of drug-likeness (QED) is 0.822. The zero-order valence-corrected chi connectivity index (χ0v) is 10.00. The molecule has 3 aliphatic rings. The monoisotopic (exact) mass is 216 g/mol. The van der Waals surface area contributed by atoms with Gasteiger partial charge in [0.15, 0.2) is 0 Å². The van der Waals surface area contributed by atoms with Crippen molar-refractivity contribution in [2.75, 3.05) is 7.05 Å². The summed E-state index contributed by atoms with van der Waals surface area (Å²) in [4.78, 5) is 4.14. The van der Waals surface area contributed by atoms with E-state index in [0.29, 0.717) is 11.0 Å². The third-order valence-corrected chi connectivity index (χ3v) is 5.07. The van der Waals surface area contributed by atoms with Crippen molar-refractivity contribution in [2.45, 2.75) is 49.5 Å². The lowest BCUT2D eigenvalue weighted by Crippen LogP contribution is -2.54. The summed E-state index contributed by atoms with van der Waals surface area (Å²) in [6, 6.07) is 4.44. The molecule has 0 aliphatic heterocycles. The average Bonchev–Trinajstić information content (AvgIpc) is 2.42. The number of pyridine rings is 1. The maximum atomic E-state index is 4.14. The van der Waals surface area contributed by atoms with Gasteiger partial charge in [0.1, 0.15) is 0 Å². The van der Waals surface area contributed by atoms with Gasteiger partial charge in [-0.25, -0.2) is 0 Å². The number of fused-ring (bicyclic) bond motifs is 3. The molecule has 0 saturated heterocycles. The van der Waals surface area contributed by atoms with Crippen molar-refractivity contribution in [1.82, 2.24) is 10.3 Å². The number of hydrogen-bond donors (Lipinski definition) is 1. The summed E-state index contributed by atoms with van der Waals surface area (Å²) in [5.41, 5.74) is 2.46. The van der Waals surface area contributed by atoms with E-state index < -0.39 is 0 Å². The summed E-state index contributed by atoms with van der Waals surface area (Å²) in [6.07, 6.45) is 11.9. The molecule has 1 N–H and O–H groups in total. The normalized spacial score (nSPS) is 37.6. The van der Waals surface area contributed by atoms with Gasteiger partial charge in [0, 0.05) is 17.9 Å². The Morgan fingerprint density at radius 3 is 2.06 bits per heavy atom. The highest BCUT2D eigenvalue weighted by Gasteiger charge is 2.48. The van der Waals surface area contributed by atoms with E-state index in [2.05, 4.69) is 29.5 Å². The number of hydrogen-bond acceptors (Lipinski definition) is 2. The molecule has 0 radical (unpaired) electrons. The lowest BCUT2D eigenvalue weighted by molar-refractivity contribution is 0.0834. The highest BCUT2D eigenvalue weighted by atomic mass is 15.0. The third kappa shape index (κ3) is 1.40. The van der Waals surface area contributed by atoms with Gasteiger partial charge in [0.05, 0.1) is 0 Å². The molecule has 0 aromatic carbocycles. The van der Waals surface area contributed by atoms with Crippen molar-refractivity contribution in [3.8, 4) is 0 Å². The fourth-order valence-electron chi connectivity index (χ4n) is 3.70. The predicted octanol–water partition coefficient (Wildman–Crippen LogP) is 2.65. The Morgan fingerprint density at radius 1 is 1.00 bits per heavy atom. The summed E-state index contributed by atoms with van der Waals surface area (Å²) < 4.78 is 0. The molecule has 3 aliphatic carbocycles. The maximum absolute atomic E-state index is 4.14. The minimum atomic E-state index is 0.467.